The number of fused-ring (bicyclic) bond motifs is 1. The van der Waals surface area contributed by atoms with Gasteiger partial charge in [0.25, 0.3) is 11.5 Å². The summed E-state index contributed by atoms with van der Waals surface area (Å²) in [6, 6.07) is 18.9. The molecule has 7 nitrogen and oxygen atoms in total. The highest BCUT2D eigenvalue weighted by molar-refractivity contribution is 5.91. The zero-order valence-corrected chi connectivity index (χ0v) is 16.4. The number of carbonyl (C=O) groups is 1. The average molecular weight is 400 g/mol. The molecule has 0 unspecified atom stereocenters. The summed E-state index contributed by atoms with van der Waals surface area (Å²) < 4.78 is 6.40. The number of anilines is 1. The minimum Gasteiger partial charge on any atom is -0.375 e. The molecule has 2 aromatic heterocycles. The van der Waals surface area contributed by atoms with Crippen LogP contribution in [0, 0.1) is 0 Å². The summed E-state index contributed by atoms with van der Waals surface area (Å²) >= 11 is 0. The summed E-state index contributed by atoms with van der Waals surface area (Å²) in [4.78, 5) is 33.3. The van der Waals surface area contributed by atoms with Crippen LogP contribution in [0.25, 0.3) is 22.0 Å². The second-order valence-electron chi connectivity index (χ2n) is 6.81. The van der Waals surface area contributed by atoms with Crippen molar-refractivity contribution in [1.29, 1.82) is 0 Å². The molecule has 0 aliphatic carbocycles. The van der Waals surface area contributed by atoms with Crippen molar-refractivity contribution in [3.05, 3.63) is 89.1 Å². The summed E-state index contributed by atoms with van der Waals surface area (Å²) in [5.74, 6) is 0.168. The Morgan fingerprint density at radius 3 is 2.57 bits per heavy atom. The SMILES string of the molecule is COCC(=O)Nc1ccc(-c2ccc3ncn(Cc4ccccc4)c(=O)c3c2)cn1. The van der Waals surface area contributed by atoms with Crippen molar-refractivity contribution in [3.8, 4) is 11.1 Å². The van der Waals surface area contributed by atoms with Gasteiger partial charge in [-0.1, -0.05) is 36.4 Å². The number of carbonyl (C=O) groups excluding carboxylic acids is 1. The number of hydrogen-bond donors (Lipinski definition) is 1. The Labute approximate surface area is 173 Å². The maximum absolute atomic E-state index is 13.0. The zero-order chi connectivity index (χ0) is 20.9. The molecule has 0 saturated heterocycles. The molecule has 0 aliphatic heterocycles. The average Bonchev–Trinajstić information content (AvgIpc) is 2.77. The van der Waals surface area contributed by atoms with E-state index in [-0.39, 0.29) is 18.1 Å². The summed E-state index contributed by atoms with van der Waals surface area (Å²) in [6.07, 6.45) is 3.23. The van der Waals surface area contributed by atoms with Gasteiger partial charge >= 0.3 is 0 Å². The quantitative estimate of drug-likeness (QED) is 0.538. The van der Waals surface area contributed by atoms with Crippen LogP contribution in [0.15, 0.2) is 78.0 Å². The monoisotopic (exact) mass is 400 g/mol. The van der Waals surface area contributed by atoms with Gasteiger partial charge in [0.05, 0.1) is 23.8 Å². The largest absolute Gasteiger partial charge is 0.375 e. The molecular formula is C23H20N4O3. The number of aromatic nitrogens is 3. The molecule has 2 aromatic carbocycles. The highest BCUT2D eigenvalue weighted by Gasteiger charge is 2.08. The fourth-order valence-electron chi connectivity index (χ4n) is 3.18. The lowest BCUT2D eigenvalue weighted by Crippen LogP contribution is -2.21. The van der Waals surface area contributed by atoms with Crippen LogP contribution in [0.5, 0.6) is 0 Å². The Kier molecular flexibility index (Phi) is 5.63. The van der Waals surface area contributed by atoms with Crippen LogP contribution in [-0.4, -0.2) is 34.2 Å². The number of methoxy groups -OCH3 is 1. The predicted octanol–water partition coefficient (Wildman–Crippen LogP) is 3.09. The van der Waals surface area contributed by atoms with Crippen molar-refractivity contribution in [2.24, 2.45) is 0 Å². The predicted molar refractivity (Wildman–Crippen MR) is 115 cm³/mol. The van der Waals surface area contributed by atoms with E-state index in [0.717, 1.165) is 16.7 Å². The van der Waals surface area contributed by atoms with E-state index in [1.54, 1.807) is 23.2 Å². The van der Waals surface area contributed by atoms with E-state index in [1.165, 1.54) is 7.11 Å². The number of benzene rings is 2. The van der Waals surface area contributed by atoms with Gasteiger partial charge in [-0.25, -0.2) is 9.97 Å². The molecule has 30 heavy (non-hydrogen) atoms. The van der Waals surface area contributed by atoms with Gasteiger partial charge in [0, 0.05) is 18.9 Å². The maximum atomic E-state index is 13.0. The minimum absolute atomic E-state index is 0.0314. The van der Waals surface area contributed by atoms with Gasteiger partial charge < -0.3 is 10.1 Å². The van der Waals surface area contributed by atoms with E-state index in [4.69, 9.17) is 4.74 Å². The Balaban J connectivity index is 1.63. The van der Waals surface area contributed by atoms with Gasteiger partial charge in [-0.2, -0.15) is 0 Å². The fraction of sp³-hybridized carbons (Fsp3) is 0.130. The van der Waals surface area contributed by atoms with Crippen LogP contribution in [0.3, 0.4) is 0 Å². The van der Waals surface area contributed by atoms with Crippen LogP contribution in [0.1, 0.15) is 5.56 Å². The highest BCUT2D eigenvalue weighted by Crippen LogP contribution is 2.22. The molecule has 150 valence electrons. The lowest BCUT2D eigenvalue weighted by atomic mass is 10.1. The standard InChI is InChI=1S/C23H20N4O3/c1-30-14-22(28)26-21-10-8-18(12-24-21)17-7-9-20-19(11-17)23(29)27(15-25-20)13-16-5-3-2-4-6-16/h2-12,15H,13-14H2,1H3,(H,24,26,28). The first kappa shape index (κ1) is 19.5. The Morgan fingerprint density at radius 2 is 1.83 bits per heavy atom. The van der Waals surface area contributed by atoms with Crippen molar-refractivity contribution in [2.45, 2.75) is 6.54 Å². The third-order valence-electron chi connectivity index (χ3n) is 4.66. The Morgan fingerprint density at radius 1 is 1.03 bits per heavy atom. The molecule has 4 aromatic rings. The van der Waals surface area contributed by atoms with Crippen molar-refractivity contribution in [1.82, 2.24) is 14.5 Å². The van der Waals surface area contributed by atoms with Gasteiger partial charge in [-0.05, 0) is 35.4 Å². The number of amides is 1. The molecule has 1 N–H and O–H groups in total. The van der Waals surface area contributed by atoms with E-state index in [0.29, 0.717) is 23.3 Å². The van der Waals surface area contributed by atoms with Crippen LogP contribution >= 0.6 is 0 Å². The van der Waals surface area contributed by atoms with Crippen molar-refractivity contribution < 1.29 is 9.53 Å². The molecule has 0 spiro atoms. The van der Waals surface area contributed by atoms with Crippen LogP contribution in [-0.2, 0) is 16.1 Å². The third-order valence-corrected chi connectivity index (χ3v) is 4.66. The smallest absolute Gasteiger partial charge is 0.261 e. The van der Waals surface area contributed by atoms with Crippen LogP contribution in [0.2, 0.25) is 0 Å². The number of pyridine rings is 1. The number of rotatable bonds is 6. The number of hydrogen-bond acceptors (Lipinski definition) is 5. The second-order valence-corrected chi connectivity index (χ2v) is 6.81. The molecule has 0 fully saturated rings. The molecule has 2 heterocycles. The molecular weight excluding hydrogens is 380 g/mol. The van der Waals surface area contributed by atoms with Crippen molar-refractivity contribution in [3.63, 3.8) is 0 Å². The van der Waals surface area contributed by atoms with E-state index < -0.39 is 0 Å². The highest BCUT2D eigenvalue weighted by atomic mass is 16.5. The lowest BCUT2D eigenvalue weighted by molar-refractivity contribution is -0.119. The molecule has 0 bridgehead atoms. The van der Waals surface area contributed by atoms with Gasteiger partial charge in [0.1, 0.15) is 12.4 Å². The first-order chi connectivity index (χ1) is 14.6. The van der Waals surface area contributed by atoms with Crippen LogP contribution < -0.4 is 10.9 Å². The lowest BCUT2D eigenvalue weighted by Gasteiger charge is -2.09. The first-order valence-electron chi connectivity index (χ1n) is 9.42. The van der Waals surface area contributed by atoms with E-state index >= 15 is 0 Å². The van der Waals surface area contributed by atoms with Gasteiger partial charge in [-0.3, -0.25) is 14.2 Å². The first-order valence-corrected chi connectivity index (χ1v) is 9.42. The van der Waals surface area contributed by atoms with E-state index in [1.807, 2.05) is 54.6 Å². The topological polar surface area (TPSA) is 86.1 Å². The molecule has 0 saturated carbocycles. The van der Waals surface area contributed by atoms with Crippen molar-refractivity contribution in [2.75, 3.05) is 19.0 Å². The maximum Gasteiger partial charge on any atom is 0.261 e. The number of ether oxygens (including phenoxy) is 1. The summed E-state index contributed by atoms with van der Waals surface area (Å²) in [6.45, 7) is 0.431. The minimum atomic E-state index is -0.270. The Bertz CT molecular complexity index is 1240. The normalized spacial score (nSPS) is 10.8. The Hall–Kier alpha value is -3.84. The summed E-state index contributed by atoms with van der Waals surface area (Å²) in [7, 11) is 1.46. The fourth-order valence-corrected chi connectivity index (χ4v) is 3.18. The number of nitrogens with zero attached hydrogens (tertiary/aromatic N) is 3. The molecule has 0 aliphatic rings. The summed E-state index contributed by atoms with van der Waals surface area (Å²) in [5.41, 5.74) is 3.26. The van der Waals surface area contributed by atoms with Gasteiger partial charge in [0.2, 0.25) is 0 Å². The van der Waals surface area contributed by atoms with Crippen molar-refractivity contribution >= 4 is 22.6 Å². The summed E-state index contributed by atoms with van der Waals surface area (Å²) in [5, 5.41) is 3.20. The van der Waals surface area contributed by atoms with E-state index in [9.17, 15) is 9.59 Å². The van der Waals surface area contributed by atoms with E-state index in [2.05, 4.69) is 15.3 Å². The third kappa shape index (κ3) is 4.26. The van der Waals surface area contributed by atoms with Crippen LogP contribution in [0.4, 0.5) is 5.82 Å². The zero-order valence-electron chi connectivity index (χ0n) is 16.4. The molecule has 7 heteroatoms. The molecule has 0 radical (unpaired) electrons. The molecule has 1 amide bonds. The number of nitrogens with one attached hydrogen (secondary N) is 1. The second kappa shape index (κ2) is 8.67. The molecule has 0 atom stereocenters. The molecule has 4 rings (SSSR count). The van der Waals surface area contributed by atoms with Gasteiger partial charge in [0.15, 0.2) is 0 Å². The van der Waals surface area contributed by atoms with Gasteiger partial charge in [-0.15, -0.1) is 0 Å².